The molecule has 82 valence electrons. The van der Waals surface area contributed by atoms with Gasteiger partial charge in [-0.2, -0.15) is 0 Å². The first-order valence-corrected chi connectivity index (χ1v) is 6.02. The number of aryl methyl sites for hydroxylation is 1. The minimum atomic E-state index is 0.723. The predicted octanol–water partition coefficient (Wildman–Crippen LogP) is 3.97. The molecule has 16 heavy (non-hydrogen) atoms. The number of halogens is 1. The zero-order valence-corrected chi connectivity index (χ0v) is 11.1. The van der Waals surface area contributed by atoms with Gasteiger partial charge in [-0.1, -0.05) is 0 Å². The first-order valence-electron chi connectivity index (χ1n) is 4.94. The normalized spacial score (nSPS) is 10.1. The van der Waals surface area contributed by atoms with Crippen molar-refractivity contribution >= 4 is 28.3 Å². The highest BCUT2D eigenvalue weighted by molar-refractivity contribution is 14.1. The second kappa shape index (κ2) is 4.74. The van der Waals surface area contributed by atoms with Gasteiger partial charge in [0.05, 0.1) is 0 Å². The molecule has 3 heteroatoms. The third kappa shape index (κ3) is 2.88. The van der Waals surface area contributed by atoms with Crippen LogP contribution < -0.4 is 10.5 Å². The first-order chi connectivity index (χ1) is 7.63. The van der Waals surface area contributed by atoms with Gasteiger partial charge in [-0.3, -0.25) is 0 Å². The van der Waals surface area contributed by atoms with E-state index in [9.17, 15) is 0 Å². The number of ether oxygens (including phenoxy) is 1. The Bertz CT molecular complexity index is 474. The molecule has 2 nitrogen and oxygen atoms in total. The fourth-order valence-electron chi connectivity index (χ4n) is 1.47. The van der Waals surface area contributed by atoms with Crippen molar-refractivity contribution in [1.82, 2.24) is 0 Å². The van der Waals surface area contributed by atoms with Crippen molar-refractivity contribution in [2.24, 2.45) is 0 Å². The zero-order chi connectivity index (χ0) is 11.5. The van der Waals surface area contributed by atoms with Gasteiger partial charge in [0, 0.05) is 15.3 Å². The van der Waals surface area contributed by atoms with E-state index in [0.29, 0.717) is 0 Å². The van der Waals surface area contributed by atoms with Gasteiger partial charge >= 0.3 is 0 Å². The molecule has 0 saturated carbocycles. The van der Waals surface area contributed by atoms with Crippen LogP contribution in [0.4, 0.5) is 5.69 Å². The maximum atomic E-state index is 5.76. The predicted molar refractivity (Wildman–Crippen MR) is 74.8 cm³/mol. The Morgan fingerprint density at radius 1 is 1.00 bits per heavy atom. The Morgan fingerprint density at radius 2 is 1.69 bits per heavy atom. The Labute approximate surface area is 109 Å². The van der Waals surface area contributed by atoms with Crippen LogP contribution in [0.15, 0.2) is 42.5 Å². The topological polar surface area (TPSA) is 35.2 Å². The van der Waals surface area contributed by atoms with Crippen LogP contribution in [0.1, 0.15) is 5.56 Å². The third-order valence-electron chi connectivity index (χ3n) is 2.12. The molecule has 0 saturated heterocycles. The van der Waals surface area contributed by atoms with E-state index in [-0.39, 0.29) is 0 Å². The third-order valence-corrected chi connectivity index (χ3v) is 2.84. The molecular weight excluding hydrogens is 313 g/mol. The molecule has 0 atom stereocenters. The van der Waals surface area contributed by atoms with Crippen LogP contribution in [0.5, 0.6) is 11.5 Å². The smallest absolute Gasteiger partial charge is 0.129 e. The molecule has 0 amide bonds. The van der Waals surface area contributed by atoms with Crippen LogP contribution in [-0.2, 0) is 0 Å². The minimum absolute atomic E-state index is 0.723. The van der Waals surface area contributed by atoms with E-state index in [1.165, 1.54) is 3.57 Å². The van der Waals surface area contributed by atoms with Crippen LogP contribution in [0.2, 0.25) is 0 Å². The number of anilines is 1. The number of rotatable bonds is 2. The molecular formula is C13H12INO. The van der Waals surface area contributed by atoms with E-state index in [1.54, 1.807) is 0 Å². The number of hydrogen-bond acceptors (Lipinski definition) is 2. The highest BCUT2D eigenvalue weighted by atomic mass is 127. The highest BCUT2D eigenvalue weighted by Gasteiger charge is 1.99. The molecule has 0 spiro atoms. The van der Waals surface area contributed by atoms with E-state index in [0.717, 1.165) is 22.7 Å². The monoisotopic (exact) mass is 325 g/mol. The van der Waals surface area contributed by atoms with Crippen LogP contribution >= 0.6 is 22.6 Å². The van der Waals surface area contributed by atoms with E-state index in [4.69, 9.17) is 10.5 Å². The molecule has 0 aliphatic rings. The fraction of sp³-hybridized carbons (Fsp3) is 0.0769. The number of nitrogen functional groups attached to an aromatic ring is 1. The molecule has 0 aliphatic heterocycles. The SMILES string of the molecule is Cc1cc(N)cc(Oc2ccc(I)cc2)c1. The lowest BCUT2D eigenvalue weighted by Crippen LogP contribution is -1.89. The molecule has 0 unspecified atom stereocenters. The van der Waals surface area contributed by atoms with Crippen LogP contribution in [-0.4, -0.2) is 0 Å². The minimum Gasteiger partial charge on any atom is -0.457 e. The molecule has 2 rings (SSSR count). The maximum Gasteiger partial charge on any atom is 0.129 e. The molecule has 0 fully saturated rings. The Hall–Kier alpha value is -1.23. The Morgan fingerprint density at radius 3 is 2.31 bits per heavy atom. The Balaban J connectivity index is 2.23. The average Bonchev–Trinajstić information content (AvgIpc) is 2.20. The van der Waals surface area contributed by atoms with Crippen molar-refractivity contribution in [2.45, 2.75) is 6.92 Å². The lowest BCUT2D eigenvalue weighted by Gasteiger charge is -2.07. The molecule has 0 heterocycles. The summed E-state index contributed by atoms with van der Waals surface area (Å²) in [5.74, 6) is 1.60. The number of hydrogen-bond donors (Lipinski definition) is 1. The summed E-state index contributed by atoms with van der Waals surface area (Å²) in [6.45, 7) is 2.00. The summed E-state index contributed by atoms with van der Waals surface area (Å²) in [6.07, 6.45) is 0. The second-order valence-electron chi connectivity index (χ2n) is 3.64. The average molecular weight is 325 g/mol. The summed E-state index contributed by atoms with van der Waals surface area (Å²) in [7, 11) is 0. The first kappa shape index (κ1) is 11.3. The standard InChI is InChI=1S/C13H12INO/c1-9-6-11(15)8-13(7-9)16-12-4-2-10(14)3-5-12/h2-8H,15H2,1H3. The summed E-state index contributed by atoms with van der Waals surface area (Å²) < 4.78 is 6.90. The second-order valence-corrected chi connectivity index (χ2v) is 4.88. The number of benzene rings is 2. The molecule has 0 aromatic heterocycles. The van der Waals surface area contributed by atoms with Gasteiger partial charge in [0.1, 0.15) is 11.5 Å². The van der Waals surface area contributed by atoms with E-state index in [2.05, 4.69) is 22.6 Å². The van der Waals surface area contributed by atoms with Crippen LogP contribution in [0.3, 0.4) is 0 Å². The van der Waals surface area contributed by atoms with E-state index >= 15 is 0 Å². The van der Waals surface area contributed by atoms with Crippen molar-refractivity contribution in [3.05, 3.63) is 51.6 Å². The molecule has 2 aromatic carbocycles. The van der Waals surface area contributed by atoms with Gasteiger partial charge in [-0.05, 0) is 71.5 Å². The van der Waals surface area contributed by atoms with Crippen molar-refractivity contribution in [1.29, 1.82) is 0 Å². The van der Waals surface area contributed by atoms with Crippen molar-refractivity contribution in [2.75, 3.05) is 5.73 Å². The van der Waals surface area contributed by atoms with Gasteiger partial charge in [0.15, 0.2) is 0 Å². The lowest BCUT2D eigenvalue weighted by molar-refractivity contribution is 0.482. The summed E-state index contributed by atoms with van der Waals surface area (Å²) in [6, 6.07) is 13.6. The Kier molecular flexibility index (Phi) is 3.33. The van der Waals surface area contributed by atoms with Crippen LogP contribution in [0.25, 0.3) is 0 Å². The maximum absolute atomic E-state index is 5.76. The van der Waals surface area contributed by atoms with Gasteiger partial charge in [0.2, 0.25) is 0 Å². The highest BCUT2D eigenvalue weighted by Crippen LogP contribution is 2.25. The fourth-order valence-corrected chi connectivity index (χ4v) is 1.83. The summed E-state index contributed by atoms with van der Waals surface area (Å²) in [5.41, 5.74) is 7.58. The van der Waals surface area contributed by atoms with Crippen LogP contribution in [0, 0.1) is 10.5 Å². The summed E-state index contributed by atoms with van der Waals surface area (Å²) >= 11 is 2.26. The van der Waals surface area contributed by atoms with Crippen molar-refractivity contribution in [3.8, 4) is 11.5 Å². The molecule has 0 aliphatic carbocycles. The molecule has 2 N–H and O–H groups in total. The lowest BCUT2D eigenvalue weighted by atomic mass is 10.2. The van der Waals surface area contributed by atoms with Gasteiger partial charge in [-0.15, -0.1) is 0 Å². The molecule has 0 radical (unpaired) electrons. The van der Waals surface area contributed by atoms with Gasteiger partial charge in [-0.25, -0.2) is 0 Å². The van der Waals surface area contributed by atoms with E-state index in [1.807, 2.05) is 49.4 Å². The zero-order valence-electron chi connectivity index (χ0n) is 8.91. The number of nitrogens with two attached hydrogens (primary N) is 1. The summed E-state index contributed by atoms with van der Waals surface area (Å²) in [4.78, 5) is 0. The summed E-state index contributed by atoms with van der Waals surface area (Å²) in [5, 5.41) is 0. The van der Waals surface area contributed by atoms with Gasteiger partial charge < -0.3 is 10.5 Å². The molecule has 2 aromatic rings. The largest absolute Gasteiger partial charge is 0.457 e. The van der Waals surface area contributed by atoms with Crippen molar-refractivity contribution in [3.63, 3.8) is 0 Å². The molecule has 0 bridgehead atoms. The van der Waals surface area contributed by atoms with Gasteiger partial charge in [0.25, 0.3) is 0 Å². The van der Waals surface area contributed by atoms with E-state index < -0.39 is 0 Å². The quantitative estimate of drug-likeness (QED) is 0.670. The van der Waals surface area contributed by atoms with Crippen molar-refractivity contribution < 1.29 is 4.74 Å².